The molecule has 0 radical (unpaired) electrons. The van der Waals surface area contributed by atoms with Gasteiger partial charge in [0.1, 0.15) is 5.69 Å². The van der Waals surface area contributed by atoms with Crippen molar-refractivity contribution in [3.63, 3.8) is 0 Å². The van der Waals surface area contributed by atoms with E-state index in [0.29, 0.717) is 18.4 Å². The van der Waals surface area contributed by atoms with Crippen LogP contribution in [0.3, 0.4) is 0 Å². The number of hydrogen-bond acceptors (Lipinski definition) is 4. The number of nitro groups is 1. The van der Waals surface area contributed by atoms with Crippen molar-refractivity contribution in [1.29, 1.82) is 0 Å². The topological polar surface area (TPSA) is 64.4 Å². The molecular weight excluding hydrogens is 256 g/mol. The molecule has 0 aromatic heterocycles. The van der Waals surface area contributed by atoms with Gasteiger partial charge in [-0.25, -0.2) is 0 Å². The highest BCUT2D eigenvalue weighted by molar-refractivity contribution is 5.62. The molecule has 0 amide bonds. The number of nitrogens with one attached hydrogen (secondary N) is 1. The summed E-state index contributed by atoms with van der Waals surface area (Å²) in [7, 11) is 1.69. The number of benzene rings is 1. The average Bonchev–Trinajstić information content (AvgIpc) is 2.46. The van der Waals surface area contributed by atoms with Crippen molar-refractivity contribution in [2.75, 3.05) is 12.4 Å². The van der Waals surface area contributed by atoms with Crippen LogP contribution in [-0.4, -0.2) is 18.1 Å². The van der Waals surface area contributed by atoms with Gasteiger partial charge in [-0.05, 0) is 49.3 Å². The summed E-state index contributed by atoms with van der Waals surface area (Å²) in [5.41, 5.74) is 1.61. The largest absolute Gasteiger partial charge is 0.383 e. The van der Waals surface area contributed by atoms with Gasteiger partial charge >= 0.3 is 0 Å². The lowest BCUT2D eigenvalue weighted by molar-refractivity contribution is -0.384. The average molecular weight is 278 g/mol. The van der Waals surface area contributed by atoms with Crippen LogP contribution in [0.1, 0.15) is 38.2 Å². The van der Waals surface area contributed by atoms with Gasteiger partial charge in [0.25, 0.3) is 5.69 Å². The third-order valence-corrected chi connectivity index (χ3v) is 3.98. The lowest BCUT2D eigenvalue weighted by Gasteiger charge is -2.26. The highest BCUT2D eigenvalue weighted by atomic mass is 16.6. The highest BCUT2D eigenvalue weighted by Crippen LogP contribution is 2.28. The molecule has 1 N–H and O–H groups in total. The lowest BCUT2D eigenvalue weighted by atomic mass is 9.89. The van der Waals surface area contributed by atoms with Gasteiger partial charge in [-0.15, -0.1) is 0 Å². The highest BCUT2D eigenvalue weighted by Gasteiger charge is 2.19. The van der Waals surface area contributed by atoms with Crippen LogP contribution in [0.25, 0.3) is 0 Å². The van der Waals surface area contributed by atoms with Gasteiger partial charge in [0.05, 0.1) is 17.6 Å². The van der Waals surface area contributed by atoms with E-state index in [0.717, 1.165) is 24.3 Å². The molecule has 1 saturated carbocycles. The summed E-state index contributed by atoms with van der Waals surface area (Å²) >= 11 is 0. The van der Waals surface area contributed by atoms with E-state index < -0.39 is 0 Å². The number of ether oxygens (including phenoxy) is 1. The van der Waals surface area contributed by atoms with E-state index in [1.807, 2.05) is 0 Å². The minimum atomic E-state index is -0.376. The van der Waals surface area contributed by atoms with Crippen LogP contribution < -0.4 is 5.32 Å². The number of rotatable bonds is 5. The van der Waals surface area contributed by atoms with Gasteiger partial charge in [0.2, 0.25) is 0 Å². The quantitative estimate of drug-likeness (QED) is 0.658. The summed E-state index contributed by atoms with van der Waals surface area (Å²) < 4.78 is 5.92. The normalized spacial score (nSPS) is 22.5. The van der Waals surface area contributed by atoms with E-state index in [9.17, 15) is 10.1 Å². The summed E-state index contributed by atoms with van der Waals surface area (Å²) in [5, 5.41) is 13.7. The van der Waals surface area contributed by atoms with E-state index in [2.05, 4.69) is 12.2 Å². The molecule has 0 spiro atoms. The van der Waals surface area contributed by atoms with Crippen molar-refractivity contribution in [3.8, 4) is 0 Å². The first-order chi connectivity index (χ1) is 9.60. The molecule has 5 nitrogen and oxygen atoms in total. The van der Waals surface area contributed by atoms with Gasteiger partial charge in [0.15, 0.2) is 0 Å². The van der Waals surface area contributed by atoms with Crippen molar-refractivity contribution < 1.29 is 9.66 Å². The number of anilines is 1. The Morgan fingerprint density at radius 1 is 1.35 bits per heavy atom. The summed E-state index contributed by atoms with van der Waals surface area (Å²) in [6.07, 6.45) is 5.03. The smallest absolute Gasteiger partial charge is 0.292 e. The van der Waals surface area contributed by atoms with Crippen molar-refractivity contribution in [2.24, 2.45) is 5.92 Å². The standard InChI is InChI=1S/C15H22N2O3/c1-11-3-6-13(7-4-11)20-10-12-5-8-15(17(18)19)14(9-12)16-2/h5,8-9,11,13,16H,3-4,6-7,10H2,1-2H3. The molecule has 1 aromatic carbocycles. The predicted octanol–water partition coefficient (Wildman–Crippen LogP) is 3.73. The zero-order valence-corrected chi connectivity index (χ0v) is 12.1. The van der Waals surface area contributed by atoms with Crippen molar-refractivity contribution in [3.05, 3.63) is 33.9 Å². The first kappa shape index (κ1) is 14.8. The van der Waals surface area contributed by atoms with E-state index in [1.54, 1.807) is 19.2 Å². The van der Waals surface area contributed by atoms with Gasteiger partial charge < -0.3 is 10.1 Å². The predicted molar refractivity (Wildman–Crippen MR) is 78.9 cm³/mol. The van der Waals surface area contributed by atoms with E-state index in [4.69, 9.17) is 4.74 Å². The Hall–Kier alpha value is -1.62. The summed E-state index contributed by atoms with van der Waals surface area (Å²) in [6, 6.07) is 5.10. The molecule has 0 unspecified atom stereocenters. The van der Waals surface area contributed by atoms with Crippen molar-refractivity contribution in [1.82, 2.24) is 0 Å². The first-order valence-electron chi connectivity index (χ1n) is 7.17. The summed E-state index contributed by atoms with van der Waals surface area (Å²) in [6.45, 7) is 2.80. The molecule has 0 atom stereocenters. The minimum Gasteiger partial charge on any atom is -0.383 e. The Bertz CT molecular complexity index is 468. The Labute approximate surface area is 119 Å². The molecule has 1 aromatic rings. The van der Waals surface area contributed by atoms with Gasteiger partial charge in [-0.3, -0.25) is 10.1 Å². The lowest BCUT2D eigenvalue weighted by Crippen LogP contribution is -2.20. The zero-order chi connectivity index (χ0) is 14.5. The second-order valence-electron chi connectivity index (χ2n) is 5.55. The summed E-state index contributed by atoms with van der Waals surface area (Å²) in [4.78, 5) is 10.5. The maximum atomic E-state index is 10.9. The molecule has 5 heteroatoms. The maximum absolute atomic E-state index is 10.9. The molecule has 2 rings (SSSR count). The van der Waals surface area contributed by atoms with Crippen LogP contribution in [-0.2, 0) is 11.3 Å². The number of nitrogens with zero attached hydrogens (tertiary/aromatic N) is 1. The Balaban J connectivity index is 1.94. The molecule has 0 saturated heterocycles. The fourth-order valence-corrected chi connectivity index (χ4v) is 2.64. The maximum Gasteiger partial charge on any atom is 0.292 e. The van der Waals surface area contributed by atoms with E-state index in [-0.39, 0.29) is 10.6 Å². The molecule has 1 fully saturated rings. The fourth-order valence-electron chi connectivity index (χ4n) is 2.64. The number of hydrogen-bond donors (Lipinski definition) is 1. The molecule has 110 valence electrons. The van der Waals surface area contributed by atoms with Crippen molar-refractivity contribution >= 4 is 11.4 Å². The van der Waals surface area contributed by atoms with Gasteiger partial charge in [-0.1, -0.05) is 6.92 Å². The Morgan fingerprint density at radius 3 is 2.65 bits per heavy atom. The summed E-state index contributed by atoms with van der Waals surface area (Å²) in [5.74, 6) is 0.810. The van der Waals surface area contributed by atoms with Crippen LogP contribution in [0.15, 0.2) is 18.2 Å². The van der Waals surface area contributed by atoms with Crippen LogP contribution >= 0.6 is 0 Å². The Kier molecular flexibility index (Phi) is 4.95. The molecule has 0 heterocycles. The van der Waals surface area contributed by atoms with E-state index in [1.165, 1.54) is 18.9 Å². The number of nitro benzene ring substituents is 1. The van der Waals surface area contributed by atoms with Gasteiger partial charge in [0, 0.05) is 13.1 Å². The third-order valence-electron chi connectivity index (χ3n) is 3.98. The van der Waals surface area contributed by atoms with Crippen LogP contribution in [0, 0.1) is 16.0 Å². The van der Waals surface area contributed by atoms with Crippen molar-refractivity contribution in [2.45, 2.75) is 45.3 Å². The van der Waals surface area contributed by atoms with Crippen LogP contribution in [0.2, 0.25) is 0 Å². The Morgan fingerprint density at radius 2 is 2.05 bits per heavy atom. The first-order valence-corrected chi connectivity index (χ1v) is 7.17. The zero-order valence-electron chi connectivity index (χ0n) is 12.1. The molecule has 1 aliphatic rings. The molecule has 20 heavy (non-hydrogen) atoms. The van der Waals surface area contributed by atoms with E-state index >= 15 is 0 Å². The van der Waals surface area contributed by atoms with Gasteiger partial charge in [-0.2, -0.15) is 0 Å². The molecular formula is C15H22N2O3. The fraction of sp³-hybridized carbons (Fsp3) is 0.600. The second-order valence-corrected chi connectivity index (χ2v) is 5.55. The van der Waals surface area contributed by atoms with Crippen LogP contribution in [0.4, 0.5) is 11.4 Å². The van der Waals surface area contributed by atoms with Crippen LogP contribution in [0.5, 0.6) is 0 Å². The third kappa shape index (κ3) is 3.70. The molecule has 1 aliphatic carbocycles. The second kappa shape index (κ2) is 6.70. The monoisotopic (exact) mass is 278 g/mol. The molecule has 0 bridgehead atoms. The SMILES string of the molecule is CNc1cc(COC2CCC(C)CC2)ccc1[N+](=O)[O-]. The molecule has 0 aliphatic heterocycles. The minimum absolute atomic E-state index is 0.0998.